The van der Waals surface area contributed by atoms with E-state index in [-0.39, 0.29) is 5.82 Å². The van der Waals surface area contributed by atoms with Gasteiger partial charge in [0.05, 0.1) is 4.92 Å². The molecule has 14 heavy (non-hydrogen) atoms. The standard InChI is InChI=1S/C7H11N5O2/c8-1-3-11-4-2-10-7(11)6(5-9)12(13)14/h10H,1-4,8H2/b7-6-. The first-order chi connectivity index (χ1) is 6.70. The van der Waals surface area contributed by atoms with Gasteiger partial charge in [0.2, 0.25) is 0 Å². The molecule has 1 saturated heterocycles. The zero-order chi connectivity index (χ0) is 10.6. The maximum Gasteiger partial charge on any atom is 0.385 e. The molecular formula is C7H11N5O2. The van der Waals surface area contributed by atoms with Gasteiger partial charge in [0, 0.05) is 26.2 Å². The van der Waals surface area contributed by atoms with Crippen molar-refractivity contribution in [2.75, 3.05) is 26.2 Å². The second-order valence-corrected chi connectivity index (χ2v) is 2.77. The first-order valence-electron chi connectivity index (χ1n) is 4.18. The number of nitrogens with two attached hydrogens (primary N) is 1. The van der Waals surface area contributed by atoms with Crippen molar-refractivity contribution in [3.05, 3.63) is 21.6 Å². The molecule has 0 aromatic carbocycles. The molecule has 0 aliphatic carbocycles. The zero-order valence-corrected chi connectivity index (χ0v) is 7.56. The summed E-state index contributed by atoms with van der Waals surface area (Å²) >= 11 is 0. The lowest BCUT2D eigenvalue weighted by molar-refractivity contribution is -0.419. The minimum atomic E-state index is -0.683. The molecule has 0 atom stereocenters. The fraction of sp³-hybridized carbons (Fsp3) is 0.571. The molecule has 0 bridgehead atoms. The molecule has 0 saturated carbocycles. The average Bonchev–Trinajstić information content (AvgIpc) is 2.55. The molecule has 0 aromatic rings. The second-order valence-electron chi connectivity index (χ2n) is 2.77. The highest BCUT2D eigenvalue weighted by molar-refractivity contribution is 5.21. The Hall–Kier alpha value is -1.81. The van der Waals surface area contributed by atoms with Crippen molar-refractivity contribution in [3.8, 4) is 6.07 Å². The summed E-state index contributed by atoms with van der Waals surface area (Å²) in [6, 6.07) is 1.57. The lowest BCUT2D eigenvalue weighted by atomic mass is 10.4. The fourth-order valence-electron chi connectivity index (χ4n) is 1.33. The Morgan fingerprint density at radius 3 is 3.07 bits per heavy atom. The smallest absolute Gasteiger partial charge is 0.364 e. The molecule has 0 unspecified atom stereocenters. The first kappa shape index (κ1) is 10.3. The van der Waals surface area contributed by atoms with Crippen LogP contribution in [0, 0.1) is 21.4 Å². The van der Waals surface area contributed by atoms with Crippen LogP contribution < -0.4 is 11.1 Å². The van der Waals surface area contributed by atoms with Crippen molar-refractivity contribution in [1.29, 1.82) is 5.26 Å². The molecule has 1 rings (SSSR count). The molecule has 7 nitrogen and oxygen atoms in total. The van der Waals surface area contributed by atoms with Crippen LogP contribution >= 0.6 is 0 Å². The summed E-state index contributed by atoms with van der Waals surface area (Å²) < 4.78 is 0. The molecule has 0 spiro atoms. The Morgan fingerprint density at radius 2 is 2.57 bits per heavy atom. The number of nitrogens with one attached hydrogen (secondary N) is 1. The number of rotatable bonds is 3. The Balaban J connectivity index is 2.93. The lowest BCUT2D eigenvalue weighted by Gasteiger charge is -2.15. The van der Waals surface area contributed by atoms with Gasteiger partial charge < -0.3 is 16.0 Å². The molecule has 1 aliphatic rings. The van der Waals surface area contributed by atoms with Gasteiger partial charge in [-0.3, -0.25) is 10.1 Å². The van der Waals surface area contributed by atoms with Crippen LogP contribution in [0.25, 0.3) is 0 Å². The molecule has 0 aromatic heterocycles. The van der Waals surface area contributed by atoms with Crippen molar-refractivity contribution in [3.63, 3.8) is 0 Å². The van der Waals surface area contributed by atoms with Gasteiger partial charge in [-0.1, -0.05) is 0 Å². The van der Waals surface area contributed by atoms with E-state index in [4.69, 9.17) is 11.0 Å². The van der Waals surface area contributed by atoms with Crippen LogP contribution in [-0.4, -0.2) is 36.0 Å². The van der Waals surface area contributed by atoms with Gasteiger partial charge in [0.25, 0.3) is 0 Å². The Bertz CT molecular complexity index is 306. The van der Waals surface area contributed by atoms with Crippen molar-refractivity contribution in [2.24, 2.45) is 5.73 Å². The number of hydrogen-bond donors (Lipinski definition) is 2. The fourth-order valence-corrected chi connectivity index (χ4v) is 1.33. The van der Waals surface area contributed by atoms with Crippen molar-refractivity contribution in [1.82, 2.24) is 10.2 Å². The number of nitrogens with zero attached hydrogens (tertiary/aromatic N) is 3. The van der Waals surface area contributed by atoms with E-state index < -0.39 is 10.6 Å². The maximum atomic E-state index is 10.5. The third kappa shape index (κ3) is 1.92. The van der Waals surface area contributed by atoms with Crippen molar-refractivity contribution in [2.45, 2.75) is 0 Å². The highest BCUT2D eigenvalue weighted by atomic mass is 16.6. The number of nitriles is 1. The van der Waals surface area contributed by atoms with Crippen LogP contribution in [0.2, 0.25) is 0 Å². The third-order valence-corrected chi connectivity index (χ3v) is 1.90. The lowest BCUT2D eigenvalue weighted by Crippen LogP contribution is -2.28. The van der Waals surface area contributed by atoms with E-state index in [1.807, 2.05) is 0 Å². The van der Waals surface area contributed by atoms with E-state index in [9.17, 15) is 10.1 Å². The Morgan fingerprint density at radius 1 is 1.86 bits per heavy atom. The molecule has 1 fully saturated rings. The summed E-state index contributed by atoms with van der Waals surface area (Å²) in [5.74, 6) is 0.281. The predicted molar refractivity (Wildman–Crippen MR) is 48.3 cm³/mol. The zero-order valence-electron chi connectivity index (χ0n) is 7.56. The Kier molecular flexibility index (Phi) is 3.25. The van der Waals surface area contributed by atoms with Gasteiger partial charge in [-0.25, -0.2) is 0 Å². The SMILES string of the molecule is N#C/C(=C1\NCCN1CCN)[N+](=O)[O-]. The number of hydrogen-bond acceptors (Lipinski definition) is 6. The van der Waals surface area contributed by atoms with E-state index in [1.165, 1.54) is 0 Å². The van der Waals surface area contributed by atoms with Gasteiger partial charge in [-0.05, 0) is 0 Å². The van der Waals surface area contributed by atoms with Crippen molar-refractivity contribution >= 4 is 0 Å². The van der Waals surface area contributed by atoms with Gasteiger partial charge in [0.1, 0.15) is 0 Å². The third-order valence-electron chi connectivity index (χ3n) is 1.90. The van der Waals surface area contributed by atoms with E-state index >= 15 is 0 Å². The quantitative estimate of drug-likeness (QED) is 0.335. The number of allylic oxidation sites excluding steroid dienone is 1. The van der Waals surface area contributed by atoms with Gasteiger partial charge in [-0.15, -0.1) is 0 Å². The summed E-state index contributed by atoms with van der Waals surface area (Å²) in [6.45, 7) is 2.17. The van der Waals surface area contributed by atoms with Crippen LogP contribution in [0.4, 0.5) is 0 Å². The van der Waals surface area contributed by atoms with Crippen LogP contribution in [0.1, 0.15) is 0 Å². The molecular weight excluding hydrogens is 186 g/mol. The van der Waals surface area contributed by atoms with Gasteiger partial charge >= 0.3 is 5.70 Å². The van der Waals surface area contributed by atoms with E-state index in [2.05, 4.69) is 5.32 Å². The normalized spacial score (nSPS) is 18.7. The summed E-state index contributed by atoms with van der Waals surface area (Å²) in [5, 5.41) is 21.9. The molecule has 1 heterocycles. The number of nitro groups is 1. The highest BCUT2D eigenvalue weighted by Gasteiger charge is 2.26. The minimum absolute atomic E-state index is 0.281. The van der Waals surface area contributed by atoms with Crippen LogP contribution in [0.3, 0.4) is 0 Å². The van der Waals surface area contributed by atoms with Gasteiger partial charge in [-0.2, -0.15) is 5.26 Å². The van der Waals surface area contributed by atoms with Crippen molar-refractivity contribution < 1.29 is 4.92 Å². The Labute approximate surface area is 80.9 Å². The molecule has 76 valence electrons. The topological polar surface area (TPSA) is 108 Å². The minimum Gasteiger partial charge on any atom is -0.364 e. The van der Waals surface area contributed by atoms with E-state index in [0.717, 1.165) is 0 Å². The summed E-state index contributed by atoms with van der Waals surface area (Å²) in [4.78, 5) is 11.5. The molecule has 0 amide bonds. The van der Waals surface area contributed by atoms with Crippen LogP contribution in [-0.2, 0) is 0 Å². The molecule has 3 N–H and O–H groups in total. The summed E-state index contributed by atoms with van der Waals surface area (Å²) in [6.07, 6.45) is 0. The second kappa shape index (κ2) is 4.43. The van der Waals surface area contributed by atoms with E-state index in [0.29, 0.717) is 26.2 Å². The van der Waals surface area contributed by atoms with Crippen LogP contribution in [0.15, 0.2) is 11.5 Å². The highest BCUT2D eigenvalue weighted by Crippen LogP contribution is 2.11. The van der Waals surface area contributed by atoms with Gasteiger partial charge in [0.15, 0.2) is 11.9 Å². The summed E-state index contributed by atoms with van der Waals surface area (Å²) in [5.41, 5.74) is 4.90. The van der Waals surface area contributed by atoms with E-state index in [1.54, 1.807) is 11.0 Å². The average molecular weight is 197 g/mol. The molecule has 0 radical (unpaired) electrons. The maximum absolute atomic E-state index is 10.5. The molecule has 1 aliphatic heterocycles. The molecule has 7 heteroatoms. The largest absolute Gasteiger partial charge is 0.385 e. The monoisotopic (exact) mass is 197 g/mol. The first-order valence-corrected chi connectivity index (χ1v) is 4.18. The van der Waals surface area contributed by atoms with Crippen LogP contribution in [0.5, 0.6) is 0 Å². The summed E-state index contributed by atoms with van der Waals surface area (Å²) in [7, 11) is 0. The predicted octanol–water partition coefficient (Wildman–Crippen LogP) is -1.18.